The van der Waals surface area contributed by atoms with Gasteiger partial charge >= 0.3 is 11.9 Å². The monoisotopic (exact) mass is 692 g/mol. The molecule has 11 nitrogen and oxygen atoms in total. The van der Waals surface area contributed by atoms with Crippen molar-refractivity contribution in [2.75, 3.05) is 6.61 Å². The maximum absolute atomic E-state index is 14.4. The number of carbonyl (C=O) groups is 3. The number of carboxylic acid groups (broad SMARTS) is 1. The van der Waals surface area contributed by atoms with Crippen LogP contribution in [0, 0.1) is 50.7 Å². The molecular weight excluding hydrogens is 632 g/mol. The SMILES string of the molecule is CC(=O)OC1CC2(C)C3=C(CCC2C(C)(C)C1O[C@@H]1O[C@H](CO)[C@@H](O)[C@H](O)[C@H]1O)C1(C)CC(=O)C(C)(C(C)C(C)C)C(C(=O)O)C1(C)CC3. The molecule has 1 saturated heterocycles. The maximum Gasteiger partial charge on any atom is 0.308 e. The molecule has 5 aliphatic rings. The number of esters is 1. The van der Waals surface area contributed by atoms with Crippen molar-refractivity contribution in [3.63, 3.8) is 0 Å². The molecule has 1 aliphatic heterocycles. The second-order valence-corrected chi connectivity index (χ2v) is 17.8. The van der Waals surface area contributed by atoms with Crippen LogP contribution in [0.15, 0.2) is 11.1 Å². The molecule has 0 spiro atoms. The van der Waals surface area contributed by atoms with Crippen molar-refractivity contribution in [3.05, 3.63) is 11.1 Å². The van der Waals surface area contributed by atoms with Gasteiger partial charge in [0.15, 0.2) is 6.29 Å². The van der Waals surface area contributed by atoms with Crippen molar-refractivity contribution in [2.45, 2.75) is 151 Å². The standard InChI is InChI=1S/C38H60O11/c1-18(2)19(3)38(10)26(41)16-37(9)22-11-12-25-34(5,6)31(49-33-29(44)28(43)27(42)24(17-39)48-33)23(47-20(4)40)15-35(25,7)21(22)13-14-36(37,8)30(38)32(45)46/h18-19,23-25,27-31,33,39,42-44H,11-17H2,1-10H3,(H,45,46)/t19?,23?,24-,25?,27-,28+,29-,30?,31?,33+,35?,36?,37?,38?/m1/s1. The number of ketones is 1. The first-order chi connectivity index (χ1) is 22.5. The summed E-state index contributed by atoms with van der Waals surface area (Å²) in [5, 5.41) is 52.3. The van der Waals surface area contributed by atoms with Gasteiger partial charge < -0.3 is 39.7 Å². The van der Waals surface area contributed by atoms with Gasteiger partial charge in [-0.25, -0.2) is 0 Å². The van der Waals surface area contributed by atoms with Crippen molar-refractivity contribution >= 4 is 17.7 Å². The van der Waals surface area contributed by atoms with Crippen molar-refractivity contribution in [1.29, 1.82) is 0 Å². The van der Waals surface area contributed by atoms with E-state index in [1.54, 1.807) is 0 Å². The Hall–Kier alpha value is -1.89. The van der Waals surface area contributed by atoms with Crippen LogP contribution in [0.25, 0.3) is 0 Å². The molecule has 0 aromatic heterocycles. The van der Waals surface area contributed by atoms with Gasteiger partial charge in [0.25, 0.3) is 0 Å². The number of rotatable bonds is 7. The highest BCUT2D eigenvalue weighted by molar-refractivity contribution is 5.93. The van der Waals surface area contributed by atoms with Crippen LogP contribution in [0.4, 0.5) is 0 Å². The van der Waals surface area contributed by atoms with Gasteiger partial charge in [0.1, 0.15) is 42.4 Å². The number of aliphatic carboxylic acids is 1. The highest BCUT2D eigenvalue weighted by Gasteiger charge is 2.71. The highest BCUT2D eigenvalue weighted by atomic mass is 16.7. The molecule has 4 aliphatic carbocycles. The summed E-state index contributed by atoms with van der Waals surface area (Å²) >= 11 is 0. The van der Waals surface area contributed by atoms with Gasteiger partial charge in [-0.05, 0) is 66.1 Å². The Labute approximate surface area is 290 Å². The van der Waals surface area contributed by atoms with Crippen LogP contribution >= 0.6 is 0 Å². The fraction of sp³-hybridized carbons (Fsp3) is 0.868. The van der Waals surface area contributed by atoms with Gasteiger partial charge in [0.2, 0.25) is 0 Å². The van der Waals surface area contributed by atoms with Crippen LogP contribution in [0.3, 0.4) is 0 Å². The fourth-order valence-electron chi connectivity index (χ4n) is 11.8. The van der Waals surface area contributed by atoms with Crippen LogP contribution < -0.4 is 0 Å². The first kappa shape index (κ1) is 38.3. The average Bonchev–Trinajstić information content (AvgIpc) is 2.99. The van der Waals surface area contributed by atoms with Gasteiger partial charge in [-0.1, -0.05) is 73.5 Å². The smallest absolute Gasteiger partial charge is 0.308 e. The largest absolute Gasteiger partial charge is 0.481 e. The van der Waals surface area contributed by atoms with E-state index in [0.29, 0.717) is 25.7 Å². The second kappa shape index (κ2) is 12.7. The van der Waals surface area contributed by atoms with E-state index >= 15 is 0 Å². The highest BCUT2D eigenvalue weighted by Crippen LogP contribution is 2.73. The van der Waals surface area contributed by atoms with E-state index in [1.165, 1.54) is 18.1 Å². The number of aliphatic hydroxyl groups is 4. The minimum atomic E-state index is -1.61. The number of Topliss-reactive ketones (excluding diaryl/α,β-unsaturated/α-hetero) is 1. The summed E-state index contributed by atoms with van der Waals surface area (Å²) in [5.41, 5.74) is -1.10. The summed E-state index contributed by atoms with van der Waals surface area (Å²) in [6, 6.07) is 0. The Bertz CT molecular complexity index is 1370. The van der Waals surface area contributed by atoms with E-state index in [9.17, 15) is 39.9 Å². The summed E-state index contributed by atoms with van der Waals surface area (Å²) in [4.78, 5) is 40.3. The molecule has 5 N–H and O–H groups in total. The van der Waals surface area contributed by atoms with E-state index < -0.39 is 94.5 Å². The number of fused-ring (bicyclic) bond motifs is 4. The first-order valence-electron chi connectivity index (χ1n) is 18.2. The van der Waals surface area contributed by atoms with Crippen LogP contribution in [-0.2, 0) is 28.6 Å². The number of carbonyl (C=O) groups excluding carboxylic acids is 2. The van der Waals surface area contributed by atoms with Gasteiger partial charge in [0.05, 0.1) is 12.5 Å². The van der Waals surface area contributed by atoms with Gasteiger partial charge in [-0.2, -0.15) is 0 Å². The van der Waals surface area contributed by atoms with Gasteiger partial charge in [-0.15, -0.1) is 0 Å². The predicted molar refractivity (Wildman–Crippen MR) is 179 cm³/mol. The summed E-state index contributed by atoms with van der Waals surface area (Å²) in [7, 11) is 0. The van der Waals surface area contributed by atoms with E-state index in [1.807, 2.05) is 27.7 Å². The molecule has 0 radical (unpaired) electrons. The Morgan fingerprint density at radius 2 is 1.59 bits per heavy atom. The summed E-state index contributed by atoms with van der Waals surface area (Å²) in [5.74, 6) is -2.23. The molecule has 0 bridgehead atoms. The molecule has 5 rings (SSSR count). The van der Waals surface area contributed by atoms with Gasteiger partial charge in [0, 0.05) is 24.2 Å². The number of hydrogen-bond donors (Lipinski definition) is 5. The fourth-order valence-corrected chi connectivity index (χ4v) is 11.8. The topological polar surface area (TPSA) is 180 Å². The molecule has 49 heavy (non-hydrogen) atoms. The summed E-state index contributed by atoms with van der Waals surface area (Å²) < 4.78 is 18.2. The average molecular weight is 693 g/mol. The molecule has 278 valence electrons. The van der Waals surface area contributed by atoms with E-state index in [-0.39, 0.29) is 30.0 Å². The number of allylic oxidation sites excluding steroid dienone is 2. The van der Waals surface area contributed by atoms with Crippen LogP contribution in [0.1, 0.15) is 108 Å². The van der Waals surface area contributed by atoms with Crippen molar-refractivity contribution < 1.29 is 54.1 Å². The molecule has 11 heteroatoms. The van der Waals surface area contributed by atoms with Gasteiger partial charge in [-0.3, -0.25) is 14.4 Å². The molecule has 0 aromatic carbocycles. The second-order valence-electron chi connectivity index (χ2n) is 17.8. The quantitative estimate of drug-likeness (QED) is 0.192. The zero-order valence-electron chi connectivity index (χ0n) is 31.0. The number of hydrogen-bond acceptors (Lipinski definition) is 10. The minimum Gasteiger partial charge on any atom is -0.481 e. The third-order valence-electron chi connectivity index (χ3n) is 14.9. The van der Waals surface area contributed by atoms with Crippen molar-refractivity contribution in [3.8, 4) is 0 Å². The third kappa shape index (κ3) is 5.47. The normalized spacial score (nSPS) is 47.2. The molecule has 0 amide bonds. The molecule has 3 fully saturated rings. The lowest BCUT2D eigenvalue weighted by atomic mass is 9.36. The van der Waals surface area contributed by atoms with Crippen LogP contribution in [0.2, 0.25) is 0 Å². The van der Waals surface area contributed by atoms with E-state index in [0.717, 1.165) is 6.42 Å². The van der Waals surface area contributed by atoms with Crippen LogP contribution in [-0.4, -0.2) is 92.8 Å². The van der Waals surface area contributed by atoms with E-state index in [4.69, 9.17) is 14.2 Å². The van der Waals surface area contributed by atoms with E-state index in [2.05, 4.69) is 34.6 Å². The third-order valence-corrected chi connectivity index (χ3v) is 14.9. The zero-order chi connectivity index (χ0) is 36.8. The first-order valence-corrected chi connectivity index (χ1v) is 18.2. The predicted octanol–water partition coefficient (Wildman–Crippen LogP) is 4.02. The number of ether oxygens (including phenoxy) is 3. The Kier molecular flexibility index (Phi) is 9.90. The molecule has 0 aromatic rings. The summed E-state index contributed by atoms with van der Waals surface area (Å²) in [6.45, 7) is 19.3. The Morgan fingerprint density at radius 3 is 2.14 bits per heavy atom. The molecule has 9 unspecified atom stereocenters. The summed E-state index contributed by atoms with van der Waals surface area (Å²) in [6.07, 6.45) is -5.48. The number of aliphatic hydroxyl groups excluding tert-OH is 4. The maximum atomic E-state index is 14.4. The lowest BCUT2D eigenvalue weighted by molar-refractivity contribution is -0.336. The molecule has 2 saturated carbocycles. The Morgan fingerprint density at radius 1 is 0.959 bits per heavy atom. The van der Waals surface area contributed by atoms with Crippen molar-refractivity contribution in [2.24, 2.45) is 50.7 Å². The number of carboxylic acids is 1. The molecule has 14 atom stereocenters. The van der Waals surface area contributed by atoms with Crippen LogP contribution in [0.5, 0.6) is 0 Å². The van der Waals surface area contributed by atoms with Crippen molar-refractivity contribution in [1.82, 2.24) is 0 Å². The lowest BCUT2D eigenvalue weighted by Gasteiger charge is -2.67. The molecular formula is C38H60O11. The lowest BCUT2D eigenvalue weighted by Crippen LogP contribution is -2.67. The minimum absolute atomic E-state index is 0.00851. The molecule has 1 heterocycles. The Balaban J connectivity index is 1.57. The zero-order valence-corrected chi connectivity index (χ0v) is 31.0.